The van der Waals surface area contributed by atoms with Crippen LogP contribution in [0.2, 0.25) is 0 Å². The number of hydrogen-bond donors (Lipinski definition) is 4. The van der Waals surface area contributed by atoms with E-state index >= 15 is 0 Å². The second kappa shape index (κ2) is 14.1. The summed E-state index contributed by atoms with van der Waals surface area (Å²) in [6.07, 6.45) is 0. The highest BCUT2D eigenvalue weighted by molar-refractivity contribution is 5.31. The first-order valence-corrected chi connectivity index (χ1v) is 9.79. The molecule has 0 saturated heterocycles. The molecule has 4 heteroatoms. The lowest BCUT2D eigenvalue weighted by Gasteiger charge is -1.92. The predicted molar refractivity (Wildman–Crippen MR) is 127 cm³/mol. The first kappa shape index (κ1) is 25.1. The lowest BCUT2D eigenvalue weighted by Crippen LogP contribution is -1.68. The zero-order valence-electron chi connectivity index (χ0n) is 18.1. The number of aromatic hydroxyl groups is 4. The fourth-order valence-electron chi connectivity index (χ4n) is 2.12. The summed E-state index contributed by atoms with van der Waals surface area (Å²) in [6, 6.07) is 30.5. The van der Waals surface area contributed by atoms with Crippen molar-refractivity contribution in [3.8, 4) is 23.0 Å². The molecule has 0 bridgehead atoms. The van der Waals surface area contributed by atoms with Crippen LogP contribution < -0.4 is 0 Å². The lowest BCUT2D eigenvalue weighted by molar-refractivity contribution is 0.470. The Morgan fingerprint density at radius 3 is 0.774 bits per heavy atom. The second-order valence-electron chi connectivity index (χ2n) is 6.70. The molecule has 4 aromatic rings. The van der Waals surface area contributed by atoms with E-state index in [1.165, 1.54) is 0 Å². The summed E-state index contributed by atoms with van der Waals surface area (Å²) >= 11 is 0. The zero-order valence-corrected chi connectivity index (χ0v) is 18.1. The van der Waals surface area contributed by atoms with Crippen LogP contribution in [0.1, 0.15) is 16.7 Å². The van der Waals surface area contributed by atoms with Crippen LogP contribution in [0.3, 0.4) is 0 Å². The molecule has 0 heterocycles. The number of rotatable bonds is 0. The van der Waals surface area contributed by atoms with E-state index in [0.29, 0.717) is 23.0 Å². The van der Waals surface area contributed by atoms with E-state index in [9.17, 15) is 0 Å². The van der Waals surface area contributed by atoms with Crippen LogP contribution in [-0.4, -0.2) is 20.4 Å². The molecule has 0 atom stereocenters. The van der Waals surface area contributed by atoms with Crippen molar-refractivity contribution in [3.05, 3.63) is 120 Å². The van der Waals surface area contributed by atoms with Gasteiger partial charge in [0.25, 0.3) is 0 Å². The molecule has 31 heavy (non-hydrogen) atoms. The van der Waals surface area contributed by atoms with Gasteiger partial charge in [-0.05, 0) is 67.8 Å². The molecule has 0 aliphatic carbocycles. The molecular weight excluding hydrogens is 388 g/mol. The Bertz CT molecular complexity index is 848. The average Bonchev–Trinajstić information content (AvgIpc) is 2.77. The fourth-order valence-corrected chi connectivity index (χ4v) is 2.12. The quantitative estimate of drug-likeness (QED) is 0.263. The highest BCUT2D eigenvalue weighted by atomic mass is 16.3. The summed E-state index contributed by atoms with van der Waals surface area (Å²) in [5, 5.41) is 35.4. The molecule has 162 valence electrons. The minimum atomic E-state index is 0.322. The van der Waals surface area contributed by atoms with Crippen LogP contribution in [0.25, 0.3) is 0 Å². The van der Waals surface area contributed by atoms with E-state index in [0.717, 1.165) is 16.7 Å². The Hall–Kier alpha value is -3.92. The van der Waals surface area contributed by atoms with Crippen molar-refractivity contribution >= 4 is 0 Å². The van der Waals surface area contributed by atoms with E-state index in [1.54, 1.807) is 42.5 Å². The molecule has 4 aromatic carbocycles. The normalized spacial score (nSPS) is 9.00. The maximum atomic E-state index is 8.92. The predicted octanol–water partition coefficient (Wildman–Crippen LogP) is 6.49. The molecule has 0 unspecified atom stereocenters. The summed E-state index contributed by atoms with van der Waals surface area (Å²) in [7, 11) is 0. The minimum absolute atomic E-state index is 0.322. The molecule has 4 N–H and O–H groups in total. The summed E-state index contributed by atoms with van der Waals surface area (Å²) in [5.41, 5.74) is 2.77. The van der Waals surface area contributed by atoms with Gasteiger partial charge in [-0.25, -0.2) is 0 Å². The van der Waals surface area contributed by atoms with Crippen LogP contribution in [0, 0.1) is 20.8 Å². The van der Waals surface area contributed by atoms with Gasteiger partial charge in [0.1, 0.15) is 23.0 Å². The first-order chi connectivity index (χ1) is 14.8. The van der Waals surface area contributed by atoms with E-state index in [4.69, 9.17) is 20.4 Å². The van der Waals surface area contributed by atoms with Gasteiger partial charge in [0, 0.05) is 0 Å². The third-order valence-electron chi connectivity index (χ3n) is 4.10. The van der Waals surface area contributed by atoms with Gasteiger partial charge in [-0.2, -0.15) is 0 Å². The minimum Gasteiger partial charge on any atom is -0.508 e. The summed E-state index contributed by atoms with van der Waals surface area (Å²) in [4.78, 5) is 0. The zero-order chi connectivity index (χ0) is 23.1. The van der Waals surface area contributed by atoms with E-state index in [-0.39, 0.29) is 0 Å². The first-order valence-electron chi connectivity index (χ1n) is 9.79. The van der Waals surface area contributed by atoms with Crippen molar-refractivity contribution in [2.24, 2.45) is 0 Å². The summed E-state index contributed by atoms with van der Waals surface area (Å²) < 4.78 is 0. The lowest BCUT2D eigenvalue weighted by atomic mass is 10.2. The number of phenols is 4. The molecule has 4 rings (SSSR count). The second-order valence-corrected chi connectivity index (χ2v) is 6.70. The Labute approximate surface area is 184 Å². The number of hydrogen-bond acceptors (Lipinski definition) is 4. The molecule has 0 radical (unpaired) electrons. The van der Waals surface area contributed by atoms with Crippen LogP contribution >= 0.6 is 0 Å². The molecule has 0 saturated carbocycles. The number of para-hydroxylation sites is 4. The van der Waals surface area contributed by atoms with Gasteiger partial charge < -0.3 is 20.4 Å². The van der Waals surface area contributed by atoms with Crippen LogP contribution in [0.15, 0.2) is 103 Å². The Kier molecular flexibility index (Phi) is 11.4. The van der Waals surface area contributed by atoms with Crippen molar-refractivity contribution in [3.63, 3.8) is 0 Å². The highest BCUT2D eigenvalue weighted by Gasteiger charge is 1.88. The molecule has 0 amide bonds. The van der Waals surface area contributed by atoms with E-state index in [2.05, 4.69) is 0 Å². The van der Waals surface area contributed by atoms with Gasteiger partial charge in [-0.3, -0.25) is 0 Å². The monoisotopic (exact) mass is 418 g/mol. The van der Waals surface area contributed by atoms with Gasteiger partial charge in [-0.1, -0.05) is 72.8 Å². The molecular formula is C27H30O4. The van der Waals surface area contributed by atoms with E-state index < -0.39 is 0 Å². The van der Waals surface area contributed by atoms with Crippen molar-refractivity contribution in [1.29, 1.82) is 0 Å². The van der Waals surface area contributed by atoms with Crippen molar-refractivity contribution in [2.75, 3.05) is 0 Å². The number of phenolic OH excluding ortho intramolecular Hbond substituents is 4. The van der Waals surface area contributed by atoms with Crippen LogP contribution in [0.4, 0.5) is 0 Å². The smallest absolute Gasteiger partial charge is 0.118 e. The summed E-state index contributed by atoms with van der Waals surface area (Å²) in [6.45, 7) is 5.61. The van der Waals surface area contributed by atoms with Crippen molar-refractivity contribution in [1.82, 2.24) is 0 Å². The third kappa shape index (κ3) is 11.0. The van der Waals surface area contributed by atoms with Gasteiger partial charge in [0.05, 0.1) is 0 Å². The largest absolute Gasteiger partial charge is 0.508 e. The van der Waals surface area contributed by atoms with Gasteiger partial charge in [-0.15, -0.1) is 0 Å². The molecule has 0 aliphatic rings. The topological polar surface area (TPSA) is 80.9 Å². The molecule has 0 fully saturated rings. The Balaban J connectivity index is 0.000000207. The standard InChI is InChI=1S/3C7H8O.C6H6O/c3*1-6-4-2-3-5-7(6)8;7-6-4-2-1-3-5-6/h3*2-5,8H,1H3;1-5,7H. The number of aryl methyl sites for hydroxylation is 3. The van der Waals surface area contributed by atoms with Gasteiger partial charge in [0.15, 0.2) is 0 Å². The highest BCUT2D eigenvalue weighted by Crippen LogP contribution is 2.13. The SMILES string of the molecule is Cc1ccccc1O.Cc1ccccc1O.Cc1ccccc1O.Oc1ccccc1. The molecule has 0 spiro atoms. The van der Waals surface area contributed by atoms with Crippen LogP contribution in [0.5, 0.6) is 23.0 Å². The maximum absolute atomic E-state index is 8.92. The van der Waals surface area contributed by atoms with Gasteiger partial charge in [0.2, 0.25) is 0 Å². The molecule has 4 nitrogen and oxygen atoms in total. The van der Waals surface area contributed by atoms with Crippen molar-refractivity contribution < 1.29 is 20.4 Å². The summed E-state index contributed by atoms with van der Waals surface area (Å²) in [5.74, 6) is 1.43. The number of benzene rings is 4. The van der Waals surface area contributed by atoms with E-state index in [1.807, 2.05) is 81.4 Å². The van der Waals surface area contributed by atoms with Crippen molar-refractivity contribution in [2.45, 2.75) is 20.8 Å². The average molecular weight is 419 g/mol. The van der Waals surface area contributed by atoms with Gasteiger partial charge >= 0.3 is 0 Å². The van der Waals surface area contributed by atoms with Crippen LogP contribution in [-0.2, 0) is 0 Å². The Morgan fingerprint density at radius 2 is 0.613 bits per heavy atom. The molecule has 0 aromatic heterocycles. The fraction of sp³-hybridized carbons (Fsp3) is 0.111. The maximum Gasteiger partial charge on any atom is 0.118 e. The molecule has 0 aliphatic heterocycles. The third-order valence-corrected chi connectivity index (χ3v) is 4.10. The Morgan fingerprint density at radius 1 is 0.355 bits per heavy atom.